The van der Waals surface area contributed by atoms with Crippen molar-refractivity contribution >= 4 is 31.0 Å². The molecule has 154 valence electrons. The molecule has 0 amide bonds. The summed E-state index contributed by atoms with van der Waals surface area (Å²) in [4.78, 5) is 23.7. The minimum Gasteiger partial charge on any atom is -0.535 e. The Hall–Kier alpha value is -2.73. The second-order valence-corrected chi connectivity index (χ2v) is 7.70. The van der Waals surface area contributed by atoms with Crippen LogP contribution >= 0.6 is 11.8 Å². The minimum atomic E-state index is -1.16. The third-order valence-corrected chi connectivity index (χ3v) is 5.20. The quantitative estimate of drug-likeness (QED) is 0.418. The van der Waals surface area contributed by atoms with Crippen LogP contribution in [0.1, 0.15) is 29.8 Å². The van der Waals surface area contributed by atoms with E-state index in [1.807, 2.05) is 0 Å². The molecular formula is C17H20BN3O7S. The molecule has 0 saturated heterocycles. The standard InChI is InChI=1S/C17H20BN3O7S/c1-10(2)27-17(23)26-9-25-15(22)12-6-4-5-11-7-13(18(24)28-14(11)12)29-16-20-19-8-21(16)3/h4-6,8,10,13,24H,7,9H2,1-3H3. The lowest BCUT2D eigenvalue weighted by atomic mass is 9.77. The Morgan fingerprint density at radius 1 is 1.41 bits per heavy atom. The summed E-state index contributed by atoms with van der Waals surface area (Å²) in [6.07, 6.45) is 0.742. The van der Waals surface area contributed by atoms with Gasteiger partial charge in [-0.1, -0.05) is 23.9 Å². The van der Waals surface area contributed by atoms with E-state index in [1.54, 1.807) is 43.9 Å². The highest BCUT2D eigenvalue weighted by Gasteiger charge is 2.38. The van der Waals surface area contributed by atoms with E-state index in [0.29, 0.717) is 11.6 Å². The van der Waals surface area contributed by atoms with Crippen LogP contribution < -0.4 is 4.65 Å². The molecule has 0 aliphatic carbocycles. The van der Waals surface area contributed by atoms with Crippen LogP contribution in [0, 0.1) is 0 Å². The average molecular weight is 421 g/mol. The van der Waals surface area contributed by atoms with E-state index in [-0.39, 0.29) is 22.6 Å². The zero-order chi connectivity index (χ0) is 21.0. The average Bonchev–Trinajstić information content (AvgIpc) is 3.06. The third kappa shape index (κ3) is 5.21. The number of aromatic nitrogens is 3. The smallest absolute Gasteiger partial charge is 0.535 e. The van der Waals surface area contributed by atoms with Gasteiger partial charge in [0.1, 0.15) is 17.6 Å². The summed E-state index contributed by atoms with van der Waals surface area (Å²) in [5, 5.41) is 18.5. The van der Waals surface area contributed by atoms with E-state index < -0.39 is 26.0 Å². The molecular weight excluding hydrogens is 401 g/mol. The molecule has 1 aromatic heterocycles. The molecule has 1 N–H and O–H groups in total. The Morgan fingerprint density at radius 3 is 2.90 bits per heavy atom. The lowest BCUT2D eigenvalue weighted by Crippen LogP contribution is -2.41. The first-order chi connectivity index (χ1) is 13.8. The van der Waals surface area contributed by atoms with Crippen LogP contribution in [-0.4, -0.2) is 57.1 Å². The van der Waals surface area contributed by atoms with Gasteiger partial charge in [-0.15, -0.1) is 10.2 Å². The van der Waals surface area contributed by atoms with Gasteiger partial charge in [0.15, 0.2) is 5.16 Å². The van der Waals surface area contributed by atoms with Crippen molar-refractivity contribution in [2.24, 2.45) is 7.05 Å². The summed E-state index contributed by atoms with van der Waals surface area (Å²) in [6, 6.07) is 5.00. The zero-order valence-corrected chi connectivity index (χ0v) is 16.9. The monoisotopic (exact) mass is 421 g/mol. The molecule has 29 heavy (non-hydrogen) atoms. The van der Waals surface area contributed by atoms with E-state index >= 15 is 0 Å². The number of esters is 1. The molecule has 10 nitrogen and oxygen atoms in total. The number of benzene rings is 1. The van der Waals surface area contributed by atoms with Crippen molar-refractivity contribution in [3.05, 3.63) is 35.7 Å². The fraction of sp³-hybridized carbons (Fsp3) is 0.412. The predicted octanol–water partition coefficient (Wildman–Crippen LogP) is 1.61. The zero-order valence-electron chi connectivity index (χ0n) is 16.1. The molecule has 2 heterocycles. The maximum atomic E-state index is 12.4. The van der Waals surface area contributed by atoms with E-state index in [1.165, 1.54) is 17.8 Å². The second-order valence-electron chi connectivity index (χ2n) is 6.50. The molecule has 1 aliphatic heterocycles. The number of thioether (sulfide) groups is 1. The molecule has 3 rings (SSSR count). The molecule has 0 fully saturated rings. The molecule has 0 bridgehead atoms. The number of fused-ring (bicyclic) bond motifs is 1. The van der Waals surface area contributed by atoms with Crippen LogP contribution in [0.2, 0.25) is 0 Å². The fourth-order valence-corrected chi connectivity index (χ4v) is 3.62. The first kappa shape index (κ1) is 21.0. The van der Waals surface area contributed by atoms with Crippen molar-refractivity contribution in [2.75, 3.05) is 6.79 Å². The SMILES string of the molecule is CC(C)OC(=O)OCOC(=O)c1cccc2c1OB(O)C(Sc1nncn1C)C2. The molecule has 1 aromatic carbocycles. The number of rotatable bonds is 6. The Kier molecular flexibility index (Phi) is 6.65. The fourth-order valence-electron chi connectivity index (χ4n) is 2.61. The van der Waals surface area contributed by atoms with Crippen molar-refractivity contribution in [3.8, 4) is 5.75 Å². The Morgan fingerprint density at radius 2 is 2.21 bits per heavy atom. The summed E-state index contributed by atoms with van der Waals surface area (Å²) in [6.45, 7) is 2.74. The summed E-state index contributed by atoms with van der Waals surface area (Å²) in [7, 11) is 0.648. The number of para-hydroxylation sites is 1. The van der Waals surface area contributed by atoms with E-state index in [2.05, 4.69) is 14.9 Å². The van der Waals surface area contributed by atoms with Gasteiger partial charge in [-0.25, -0.2) is 9.59 Å². The number of nitrogens with zero attached hydrogens (tertiary/aromatic N) is 3. The summed E-state index contributed by atoms with van der Waals surface area (Å²) >= 11 is 1.33. The molecule has 12 heteroatoms. The normalized spacial score (nSPS) is 15.5. The van der Waals surface area contributed by atoms with Gasteiger partial charge in [-0.3, -0.25) is 0 Å². The van der Waals surface area contributed by atoms with Crippen LogP contribution in [-0.2, 0) is 27.7 Å². The van der Waals surface area contributed by atoms with Gasteiger partial charge >= 0.3 is 19.2 Å². The molecule has 1 atom stereocenters. The summed E-state index contributed by atoms with van der Waals surface area (Å²) < 4.78 is 21.8. The second kappa shape index (κ2) is 9.18. The van der Waals surface area contributed by atoms with Crippen molar-refractivity contribution in [1.82, 2.24) is 14.8 Å². The Labute approximate surface area is 171 Å². The van der Waals surface area contributed by atoms with Gasteiger partial charge in [-0.05, 0) is 31.9 Å². The van der Waals surface area contributed by atoms with Crippen molar-refractivity contribution in [2.45, 2.75) is 36.7 Å². The van der Waals surface area contributed by atoms with Gasteiger partial charge in [0.05, 0.1) is 11.3 Å². The van der Waals surface area contributed by atoms with Crippen molar-refractivity contribution in [3.63, 3.8) is 0 Å². The number of hydrogen-bond donors (Lipinski definition) is 1. The number of carbonyl (C=O) groups is 2. The largest absolute Gasteiger partial charge is 0.537 e. The topological polar surface area (TPSA) is 122 Å². The van der Waals surface area contributed by atoms with Crippen LogP contribution in [0.5, 0.6) is 5.75 Å². The van der Waals surface area contributed by atoms with Gasteiger partial charge in [0.2, 0.25) is 6.79 Å². The van der Waals surface area contributed by atoms with Gasteiger partial charge in [0, 0.05) is 7.05 Å². The lowest BCUT2D eigenvalue weighted by molar-refractivity contribution is -0.0345. The summed E-state index contributed by atoms with van der Waals surface area (Å²) in [5.41, 5.74) is 0.869. The number of aryl methyl sites for hydroxylation is 1. The predicted molar refractivity (Wildman–Crippen MR) is 102 cm³/mol. The van der Waals surface area contributed by atoms with Crippen LogP contribution in [0.15, 0.2) is 29.7 Å². The highest BCUT2D eigenvalue weighted by atomic mass is 32.2. The van der Waals surface area contributed by atoms with Crippen LogP contribution in [0.25, 0.3) is 0 Å². The van der Waals surface area contributed by atoms with E-state index in [0.717, 1.165) is 5.56 Å². The Bertz CT molecular complexity index is 892. The first-order valence-corrected chi connectivity index (χ1v) is 9.71. The minimum absolute atomic E-state index is 0.129. The molecule has 2 aromatic rings. The van der Waals surface area contributed by atoms with Crippen molar-refractivity contribution < 1.29 is 33.5 Å². The highest BCUT2D eigenvalue weighted by Crippen LogP contribution is 2.36. The maximum Gasteiger partial charge on any atom is 0.537 e. The number of ether oxygens (including phenoxy) is 3. The van der Waals surface area contributed by atoms with Gasteiger partial charge < -0.3 is 28.5 Å². The van der Waals surface area contributed by atoms with Gasteiger partial charge in [-0.2, -0.15) is 0 Å². The first-order valence-electron chi connectivity index (χ1n) is 8.83. The number of hydrogen-bond acceptors (Lipinski definition) is 10. The summed E-state index contributed by atoms with van der Waals surface area (Å²) in [5.74, 6) is -0.504. The van der Waals surface area contributed by atoms with E-state index in [4.69, 9.17) is 14.1 Å². The van der Waals surface area contributed by atoms with Crippen LogP contribution in [0.3, 0.4) is 0 Å². The molecule has 0 saturated carbocycles. The lowest BCUT2D eigenvalue weighted by Gasteiger charge is -2.27. The van der Waals surface area contributed by atoms with Crippen molar-refractivity contribution in [1.29, 1.82) is 0 Å². The molecule has 0 radical (unpaired) electrons. The molecule has 1 aliphatic rings. The van der Waals surface area contributed by atoms with E-state index in [9.17, 15) is 14.6 Å². The highest BCUT2D eigenvalue weighted by molar-refractivity contribution is 8.01. The molecule has 0 spiro atoms. The maximum absolute atomic E-state index is 12.4. The Balaban J connectivity index is 1.65. The van der Waals surface area contributed by atoms with Gasteiger partial charge in [0.25, 0.3) is 0 Å². The number of carbonyl (C=O) groups excluding carboxylic acids is 2. The van der Waals surface area contributed by atoms with Crippen LogP contribution in [0.4, 0.5) is 4.79 Å². The molecule has 1 unspecified atom stereocenters. The third-order valence-electron chi connectivity index (χ3n) is 3.92.